The lowest BCUT2D eigenvalue weighted by molar-refractivity contribution is 0.0797. The first kappa shape index (κ1) is 14.3. The topological polar surface area (TPSA) is 34.2 Å². The van der Waals surface area contributed by atoms with Crippen LogP contribution in [0.1, 0.15) is 13.3 Å². The molecule has 0 atom stereocenters. The summed E-state index contributed by atoms with van der Waals surface area (Å²) in [6, 6.07) is 1.41. The van der Waals surface area contributed by atoms with Crippen LogP contribution in [0.5, 0.6) is 5.88 Å². The Bertz CT molecular complexity index is 378. The minimum Gasteiger partial charge on any atom is -0.470 e. The Morgan fingerprint density at radius 2 is 2.12 bits per heavy atom. The van der Waals surface area contributed by atoms with E-state index >= 15 is 0 Å². The molecule has 0 saturated heterocycles. The number of nitrogens with one attached hydrogen (secondary N) is 1. The molecule has 0 amide bonds. The van der Waals surface area contributed by atoms with E-state index in [0.29, 0.717) is 17.4 Å². The maximum Gasteiger partial charge on any atom is 0.272 e. The van der Waals surface area contributed by atoms with Gasteiger partial charge in [-0.15, -0.1) is 0 Å². The number of rotatable bonds is 6. The van der Waals surface area contributed by atoms with Crippen molar-refractivity contribution >= 4 is 29.0 Å². The van der Waals surface area contributed by atoms with Crippen LogP contribution in [0.2, 0.25) is 10.0 Å². The van der Waals surface area contributed by atoms with E-state index < -0.39 is 13.0 Å². The summed E-state index contributed by atoms with van der Waals surface area (Å²) in [4.78, 5) is 3.95. The van der Waals surface area contributed by atoms with Crippen molar-refractivity contribution in [2.24, 2.45) is 0 Å². The highest BCUT2D eigenvalue weighted by Gasteiger charge is 2.12. The smallest absolute Gasteiger partial charge is 0.272 e. The van der Waals surface area contributed by atoms with E-state index in [4.69, 9.17) is 27.9 Å². The van der Waals surface area contributed by atoms with Crippen molar-refractivity contribution in [2.75, 3.05) is 18.5 Å². The van der Waals surface area contributed by atoms with Crippen LogP contribution in [0.15, 0.2) is 6.07 Å². The average molecular weight is 285 g/mol. The Balaban J connectivity index is 2.81. The number of aromatic nitrogens is 1. The summed E-state index contributed by atoms with van der Waals surface area (Å²) in [5.41, 5.74) is 0. The van der Waals surface area contributed by atoms with Crippen molar-refractivity contribution in [2.45, 2.75) is 19.8 Å². The van der Waals surface area contributed by atoms with Crippen LogP contribution in [0.25, 0.3) is 0 Å². The first-order valence-electron chi connectivity index (χ1n) is 5.05. The molecule has 3 nitrogen and oxygen atoms in total. The molecule has 0 aliphatic rings. The summed E-state index contributed by atoms with van der Waals surface area (Å²) >= 11 is 11.7. The minimum absolute atomic E-state index is 0.0463. The summed E-state index contributed by atoms with van der Waals surface area (Å²) in [6.07, 6.45) is -1.69. The molecule has 0 saturated carbocycles. The summed E-state index contributed by atoms with van der Waals surface area (Å²) in [5, 5.41) is 3.38. The zero-order valence-corrected chi connectivity index (χ0v) is 10.7. The van der Waals surface area contributed by atoms with Crippen LogP contribution < -0.4 is 10.1 Å². The van der Waals surface area contributed by atoms with Gasteiger partial charge in [0.2, 0.25) is 5.88 Å². The molecule has 1 heterocycles. The molecule has 1 aromatic rings. The highest BCUT2D eigenvalue weighted by Crippen LogP contribution is 2.30. The molecule has 0 fully saturated rings. The third kappa shape index (κ3) is 4.52. The predicted octanol–water partition coefficient (Wildman–Crippen LogP) is 3.85. The third-order valence-corrected chi connectivity index (χ3v) is 2.34. The maximum atomic E-state index is 12.0. The molecule has 0 aliphatic carbocycles. The molecule has 96 valence electrons. The normalized spacial score (nSPS) is 10.7. The van der Waals surface area contributed by atoms with Gasteiger partial charge in [0.1, 0.15) is 10.8 Å². The lowest BCUT2D eigenvalue weighted by atomic mass is 10.4. The van der Waals surface area contributed by atoms with Crippen molar-refractivity contribution in [3.05, 3.63) is 16.1 Å². The van der Waals surface area contributed by atoms with E-state index in [1.54, 1.807) is 0 Å². The van der Waals surface area contributed by atoms with E-state index in [2.05, 4.69) is 10.3 Å². The number of halogens is 4. The molecule has 0 unspecified atom stereocenters. The zero-order chi connectivity index (χ0) is 12.8. The number of pyridine rings is 1. The van der Waals surface area contributed by atoms with Crippen LogP contribution in [0.3, 0.4) is 0 Å². The standard InChI is InChI=1S/C10H12Cl2F2N2O/c1-2-3-15-9-6(11)4-7(12)10(16-9)17-5-8(13)14/h4,8H,2-3,5H2,1H3,(H,15,16). The van der Waals surface area contributed by atoms with Gasteiger partial charge in [-0.2, -0.15) is 4.98 Å². The van der Waals surface area contributed by atoms with Crippen LogP contribution in [-0.4, -0.2) is 24.6 Å². The zero-order valence-electron chi connectivity index (χ0n) is 9.14. The number of anilines is 1. The fourth-order valence-electron chi connectivity index (χ4n) is 1.06. The van der Waals surface area contributed by atoms with Crippen molar-refractivity contribution in [3.8, 4) is 5.88 Å². The SMILES string of the molecule is CCCNc1nc(OCC(F)F)c(Cl)cc1Cl. The number of hydrogen-bond donors (Lipinski definition) is 1. The fourth-order valence-corrected chi connectivity index (χ4v) is 1.54. The second kappa shape index (κ2) is 6.81. The van der Waals surface area contributed by atoms with Gasteiger partial charge in [-0.1, -0.05) is 30.1 Å². The average Bonchev–Trinajstić information content (AvgIpc) is 2.26. The maximum absolute atomic E-state index is 12.0. The Morgan fingerprint density at radius 1 is 1.41 bits per heavy atom. The van der Waals surface area contributed by atoms with Crippen LogP contribution in [0.4, 0.5) is 14.6 Å². The Kier molecular flexibility index (Phi) is 5.71. The van der Waals surface area contributed by atoms with Crippen LogP contribution in [0, 0.1) is 0 Å². The second-order valence-electron chi connectivity index (χ2n) is 3.23. The van der Waals surface area contributed by atoms with Gasteiger partial charge in [0.15, 0.2) is 6.61 Å². The minimum atomic E-state index is -2.57. The van der Waals surface area contributed by atoms with Gasteiger partial charge in [-0.05, 0) is 12.5 Å². The van der Waals surface area contributed by atoms with Crippen molar-refractivity contribution in [1.29, 1.82) is 0 Å². The van der Waals surface area contributed by atoms with E-state index in [9.17, 15) is 8.78 Å². The molecule has 0 spiro atoms. The van der Waals surface area contributed by atoms with E-state index in [1.165, 1.54) is 6.07 Å². The highest BCUT2D eigenvalue weighted by molar-refractivity contribution is 6.36. The molecule has 0 aliphatic heterocycles. The Morgan fingerprint density at radius 3 is 2.71 bits per heavy atom. The molecule has 1 aromatic heterocycles. The van der Waals surface area contributed by atoms with Gasteiger partial charge in [-0.25, -0.2) is 8.78 Å². The largest absolute Gasteiger partial charge is 0.470 e. The van der Waals surface area contributed by atoms with Crippen LogP contribution >= 0.6 is 23.2 Å². The lowest BCUT2D eigenvalue weighted by Gasteiger charge is -2.11. The molecule has 0 radical (unpaired) electrons. The van der Waals surface area contributed by atoms with Crippen molar-refractivity contribution in [3.63, 3.8) is 0 Å². The molecular formula is C10H12Cl2F2N2O. The molecule has 7 heteroatoms. The Labute approximate surface area is 108 Å². The number of nitrogens with zero attached hydrogens (tertiary/aromatic N) is 1. The summed E-state index contributed by atoms with van der Waals surface area (Å²) in [5.74, 6) is 0.331. The lowest BCUT2D eigenvalue weighted by Crippen LogP contribution is -2.10. The summed E-state index contributed by atoms with van der Waals surface area (Å²) in [7, 11) is 0. The molecule has 0 bridgehead atoms. The first-order valence-corrected chi connectivity index (χ1v) is 5.81. The van der Waals surface area contributed by atoms with Gasteiger partial charge in [-0.3, -0.25) is 0 Å². The fraction of sp³-hybridized carbons (Fsp3) is 0.500. The number of hydrogen-bond acceptors (Lipinski definition) is 3. The van der Waals surface area contributed by atoms with Gasteiger partial charge in [0, 0.05) is 6.54 Å². The van der Waals surface area contributed by atoms with E-state index in [0.717, 1.165) is 6.42 Å². The summed E-state index contributed by atoms with van der Waals surface area (Å²) < 4.78 is 28.8. The number of ether oxygens (including phenoxy) is 1. The third-order valence-electron chi connectivity index (χ3n) is 1.79. The molecule has 1 rings (SSSR count). The van der Waals surface area contributed by atoms with Gasteiger partial charge in [0.05, 0.1) is 5.02 Å². The predicted molar refractivity (Wildman–Crippen MR) is 64.5 cm³/mol. The second-order valence-corrected chi connectivity index (χ2v) is 4.05. The van der Waals surface area contributed by atoms with Gasteiger partial charge >= 0.3 is 0 Å². The summed E-state index contributed by atoms with van der Waals surface area (Å²) in [6.45, 7) is 1.90. The highest BCUT2D eigenvalue weighted by atomic mass is 35.5. The number of alkyl halides is 2. The van der Waals surface area contributed by atoms with E-state index in [1.807, 2.05) is 6.92 Å². The van der Waals surface area contributed by atoms with Crippen molar-refractivity contribution in [1.82, 2.24) is 4.98 Å². The van der Waals surface area contributed by atoms with Gasteiger partial charge < -0.3 is 10.1 Å². The monoisotopic (exact) mass is 284 g/mol. The van der Waals surface area contributed by atoms with Gasteiger partial charge in [0.25, 0.3) is 6.43 Å². The van der Waals surface area contributed by atoms with E-state index in [-0.39, 0.29) is 10.9 Å². The first-order chi connectivity index (χ1) is 8.04. The van der Waals surface area contributed by atoms with Crippen molar-refractivity contribution < 1.29 is 13.5 Å². The molecular weight excluding hydrogens is 273 g/mol. The molecule has 1 N–H and O–H groups in total. The molecule has 0 aromatic carbocycles. The quantitative estimate of drug-likeness (QED) is 0.862. The van der Waals surface area contributed by atoms with Crippen LogP contribution in [-0.2, 0) is 0 Å². The molecule has 17 heavy (non-hydrogen) atoms. The Hall–Kier alpha value is -0.810.